The third-order valence-electron chi connectivity index (χ3n) is 1.59. The number of benzene rings is 1. The molecule has 0 heterocycles. The first kappa shape index (κ1) is 11.8. The average molecular weight is 325 g/mol. The Labute approximate surface area is 102 Å². The van der Waals surface area contributed by atoms with Gasteiger partial charge in [-0.25, -0.2) is 4.79 Å². The van der Waals surface area contributed by atoms with Gasteiger partial charge in [0.15, 0.2) is 0 Å². The van der Waals surface area contributed by atoms with Gasteiger partial charge >= 0.3 is 5.97 Å². The standard InChI is InChI=1S/C10H10ClIO2/c1-2-5-14-10(13)7-3-4-9(12)8(11)6-7/h3-4,6H,2,5H2,1H3. The van der Waals surface area contributed by atoms with Crippen LogP contribution in [0, 0.1) is 3.57 Å². The molecule has 0 aromatic heterocycles. The van der Waals surface area contributed by atoms with Crippen molar-refractivity contribution in [3.63, 3.8) is 0 Å². The summed E-state index contributed by atoms with van der Waals surface area (Å²) in [5.74, 6) is -0.315. The second-order valence-corrected chi connectivity index (χ2v) is 4.33. The largest absolute Gasteiger partial charge is 0.462 e. The highest BCUT2D eigenvalue weighted by Gasteiger charge is 2.08. The van der Waals surface area contributed by atoms with Crippen LogP contribution in [0.3, 0.4) is 0 Å². The summed E-state index contributed by atoms with van der Waals surface area (Å²) in [7, 11) is 0. The van der Waals surface area contributed by atoms with Crippen LogP contribution in [0.4, 0.5) is 0 Å². The first-order chi connectivity index (χ1) is 6.65. The van der Waals surface area contributed by atoms with E-state index in [4.69, 9.17) is 16.3 Å². The van der Waals surface area contributed by atoms with Crippen LogP contribution in [-0.2, 0) is 4.74 Å². The zero-order valence-electron chi connectivity index (χ0n) is 7.72. The predicted octanol–water partition coefficient (Wildman–Crippen LogP) is 3.51. The quantitative estimate of drug-likeness (QED) is 0.628. The van der Waals surface area contributed by atoms with Crippen LogP contribution < -0.4 is 0 Å². The Bertz CT molecular complexity index is 339. The first-order valence-corrected chi connectivity index (χ1v) is 5.73. The zero-order chi connectivity index (χ0) is 10.6. The SMILES string of the molecule is CCCOC(=O)c1ccc(I)c(Cl)c1. The third kappa shape index (κ3) is 3.13. The van der Waals surface area contributed by atoms with Gasteiger partial charge in [-0.2, -0.15) is 0 Å². The van der Waals surface area contributed by atoms with E-state index in [-0.39, 0.29) is 5.97 Å². The highest BCUT2D eigenvalue weighted by Crippen LogP contribution is 2.19. The van der Waals surface area contributed by atoms with E-state index in [1.807, 2.05) is 6.92 Å². The van der Waals surface area contributed by atoms with Crippen molar-refractivity contribution in [2.75, 3.05) is 6.61 Å². The van der Waals surface area contributed by atoms with Gasteiger partial charge in [0, 0.05) is 3.57 Å². The Kier molecular flexibility index (Phi) is 4.68. The topological polar surface area (TPSA) is 26.3 Å². The molecule has 0 N–H and O–H groups in total. The third-order valence-corrected chi connectivity index (χ3v) is 3.16. The summed E-state index contributed by atoms with van der Waals surface area (Å²) in [6.45, 7) is 2.40. The van der Waals surface area contributed by atoms with E-state index in [0.717, 1.165) is 9.99 Å². The first-order valence-electron chi connectivity index (χ1n) is 4.27. The molecule has 2 nitrogen and oxygen atoms in total. The van der Waals surface area contributed by atoms with Crippen molar-refractivity contribution in [3.8, 4) is 0 Å². The molecule has 0 aliphatic carbocycles. The Morgan fingerprint density at radius 1 is 1.57 bits per heavy atom. The second kappa shape index (κ2) is 5.56. The van der Waals surface area contributed by atoms with Gasteiger partial charge in [-0.3, -0.25) is 0 Å². The lowest BCUT2D eigenvalue weighted by atomic mass is 10.2. The van der Waals surface area contributed by atoms with Gasteiger partial charge in [0.2, 0.25) is 0 Å². The van der Waals surface area contributed by atoms with Crippen LogP contribution in [0.1, 0.15) is 23.7 Å². The molecular weight excluding hydrogens is 314 g/mol. The minimum absolute atomic E-state index is 0.315. The van der Waals surface area contributed by atoms with Gasteiger partial charge in [0.1, 0.15) is 0 Å². The summed E-state index contributed by atoms with van der Waals surface area (Å²) in [5.41, 5.74) is 0.504. The molecule has 0 saturated carbocycles. The molecular formula is C10H10ClIO2. The minimum atomic E-state index is -0.315. The molecule has 0 aliphatic rings. The molecule has 1 aromatic rings. The fourth-order valence-electron chi connectivity index (χ4n) is 0.901. The van der Waals surface area contributed by atoms with Gasteiger partial charge in [0.25, 0.3) is 0 Å². The lowest BCUT2D eigenvalue weighted by Crippen LogP contribution is -2.05. The maximum atomic E-state index is 11.4. The lowest BCUT2D eigenvalue weighted by molar-refractivity contribution is 0.0505. The Morgan fingerprint density at radius 3 is 2.86 bits per heavy atom. The smallest absolute Gasteiger partial charge is 0.338 e. The van der Waals surface area contributed by atoms with Crippen LogP contribution in [0.5, 0.6) is 0 Å². The Morgan fingerprint density at radius 2 is 2.29 bits per heavy atom. The van der Waals surface area contributed by atoms with E-state index in [0.29, 0.717) is 17.2 Å². The van der Waals surface area contributed by atoms with E-state index in [2.05, 4.69) is 22.6 Å². The summed E-state index contributed by atoms with van der Waals surface area (Å²) in [6.07, 6.45) is 0.823. The molecule has 0 radical (unpaired) electrons. The number of carbonyl (C=O) groups is 1. The number of esters is 1. The van der Waals surface area contributed by atoms with Crippen molar-refractivity contribution in [2.24, 2.45) is 0 Å². The second-order valence-electron chi connectivity index (χ2n) is 2.76. The van der Waals surface area contributed by atoms with E-state index in [1.54, 1.807) is 18.2 Å². The molecule has 0 amide bonds. The molecule has 14 heavy (non-hydrogen) atoms. The van der Waals surface area contributed by atoms with Gasteiger partial charge in [0.05, 0.1) is 17.2 Å². The lowest BCUT2D eigenvalue weighted by Gasteiger charge is -2.03. The highest BCUT2D eigenvalue weighted by atomic mass is 127. The summed E-state index contributed by atoms with van der Waals surface area (Å²) in [4.78, 5) is 11.4. The predicted molar refractivity (Wildman–Crippen MR) is 64.7 cm³/mol. The van der Waals surface area contributed by atoms with Crippen molar-refractivity contribution in [3.05, 3.63) is 32.4 Å². The number of halogens is 2. The van der Waals surface area contributed by atoms with Crippen LogP contribution in [0.2, 0.25) is 5.02 Å². The summed E-state index contributed by atoms with van der Waals surface area (Å²) >= 11 is 7.99. The van der Waals surface area contributed by atoms with Gasteiger partial charge in [-0.15, -0.1) is 0 Å². The summed E-state index contributed by atoms with van der Waals surface area (Å²) < 4.78 is 5.90. The maximum absolute atomic E-state index is 11.4. The van der Waals surface area contributed by atoms with E-state index in [9.17, 15) is 4.79 Å². The Balaban J connectivity index is 2.76. The van der Waals surface area contributed by atoms with Gasteiger partial charge in [-0.1, -0.05) is 18.5 Å². The van der Waals surface area contributed by atoms with Crippen LogP contribution in [0.25, 0.3) is 0 Å². The number of ether oxygens (including phenoxy) is 1. The fraction of sp³-hybridized carbons (Fsp3) is 0.300. The van der Waals surface area contributed by atoms with Crippen LogP contribution in [-0.4, -0.2) is 12.6 Å². The highest BCUT2D eigenvalue weighted by molar-refractivity contribution is 14.1. The van der Waals surface area contributed by atoms with Gasteiger partial charge < -0.3 is 4.74 Å². The maximum Gasteiger partial charge on any atom is 0.338 e. The summed E-state index contributed by atoms with van der Waals surface area (Å²) in [6, 6.07) is 5.14. The van der Waals surface area contributed by atoms with E-state index in [1.165, 1.54) is 0 Å². The molecule has 4 heteroatoms. The van der Waals surface area contributed by atoms with Crippen molar-refractivity contribution in [1.82, 2.24) is 0 Å². The van der Waals surface area contributed by atoms with Crippen LogP contribution >= 0.6 is 34.2 Å². The normalized spacial score (nSPS) is 9.93. The molecule has 0 fully saturated rings. The molecule has 0 bridgehead atoms. The van der Waals surface area contributed by atoms with Crippen molar-refractivity contribution in [1.29, 1.82) is 0 Å². The van der Waals surface area contributed by atoms with E-state index < -0.39 is 0 Å². The van der Waals surface area contributed by atoms with Crippen molar-refractivity contribution >= 4 is 40.2 Å². The molecule has 0 unspecified atom stereocenters. The monoisotopic (exact) mass is 324 g/mol. The molecule has 1 rings (SSSR count). The van der Waals surface area contributed by atoms with Gasteiger partial charge in [-0.05, 0) is 47.2 Å². The number of carbonyl (C=O) groups excluding carboxylic acids is 1. The zero-order valence-corrected chi connectivity index (χ0v) is 10.6. The van der Waals surface area contributed by atoms with Crippen molar-refractivity contribution in [2.45, 2.75) is 13.3 Å². The molecule has 0 atom stereocenters. The average Bonchev–Trinajstić information content (AvgIpc) is 2.18. The molecule has 0 aliphatic heterocycles. The molecule has 76 valence electrons. The number of hydrogen-bond donors (Lipinski definition) is 0. The van der Waals surface area contributed by atoms with Crippen molar-refractivity contribution < 1.29 is 9.53 Å². The summed E-state index contributed by atoms with van der Waals surface area (Å²) in [5, 5.41) is 0.580. The number of hydrogen-bond acceptors (Lipinski definition) is 2. The van der Waals surface area contributed by atoms with Crippen LogP contribution in [0.15, 0.2) is 18.2 Å². The minimum Gasteiger partial charge on any atom is -0.462 e. The molecule has 0 saturated heterocycles. The fourth-order valence-corrected chi connectivity index (χ4v) is 1.42. The Hall–Kier alpha value is -0.290. The number of rotatable bonds is 3. The molecule has 0 spiro atoms. The molecule has 1 aromatic carbocycles. The van der Waals surface area contributed by atoms with E-state index >= 15 is 0 Å².